The molecule has 1 rings (SSSR count). The molecule has 0 fully saturated rings. The Balaban J connectivity index is 3.10. The lowest BCUT2D eigenvalue weighted by molar-refractivity contribution is -0.384. The number of hydrogen-bond donors (Lipinski definition) is 2. The third kappa shape index (κ3) is 5.82. The summed E-state index contributed by atoms with van der Waals surface area (Å²) in [5.41, 5.74) is -0.136. The van der Waals surface area contributed by atoms with Gasteiger partial charge in [-0.15, -0.1) is 11.8 Å². The van der Waals surface area contributed by atoms with Crippen molar-refractivity contribution in [2.24, 2.45) is 0 Å². The maximum atomic E-state index is 12.4. The SMILES string of the molecule is COCCC(NC(=O)c1cc([N+](=O)[O-])ccc1SC(C)C)C(=O)O. The van der Waals surface area contributed by atoms with Crippen molar-refractivity contribution in [1.82, 2.24) is 5.32 Å². The molecule has 0 bridgehead atoms. The molecule has 1 atom stereocenters. The molecular weight excluding hydrogens is 336 g/mol. The number of amides is 1. The maximum Gasteiger partial charge on any atom is 0.326 e. The standard InChI is InChI=1S/C15H20N2O6S/c1-9(2)24-13-5-4-10(17(21)22)8-11(13)14(18)16-12(15(19)20)6-7-23-3/h4-5,8-9,12H,6-7H2,1-3H3,(H,16,18)(H,19,20). The normalized spacial score (nSPS) is 12.0. The Labute approximate surface area is 143 Å². The number of methoxy groups -OCH3 is 1. The molecule has 132 valence electrons. The zero-order valence-corrected chi connectivity index (χ0v) is 14.5. The third-order valence-electron chi connectivity index (χ3n) is 3.00. The predicted octanol–water partition coefficient (Wildman–Crippen LogP) is 2.31. The summed E-state index contributed by atoms with van der Waals surface area (Å²) in [4.78, 5) is 34.6. The van der Waals surface area contributed by atoms with Gasteiger partial charge in [0.15, 0.2) is 0 Å². The van der Waals surface area contributed by atoms with Crippen LogP contribution in [-0.2, 0) is 9.53 Å². The number of non-ortho nitro benzene ring substituents is 1. The summed E-state index contributed by atoms with van der Waals surface area (Å²) in [5.74, 6) is -1.85. The first-order valence-electron chi connectivity index (χ1n) is 7.24. The first-order valence-corrected chi connectivity index (χ1v) is 8.12. The highest BCUT2D eigenvalue weighted by Gasteiger charge is 2.24. The molecule has 9 heteroatoms. The number of thioether (sulfide) groups is 1. The minimum Gasteiger partial charge on any atom is -0.480 e. The van der Waals surface area contributed by atoms with E-state index >= 15 is 0 Å². The molecular formula is C15H20N2O6S. The largest absolute Gasteiger partial charge is 0.480 e. The molecule has 24 heavy (non-hydrogen) atoms. The molecule has 0 aliphatic heterocycles. The molecule has 0 aliphatic carbocycles. The number of hydrogen-bond acceptors (Lipinski definition) is 6. The summed E-state index contributed by atoms with van der Waals surface area (Å²) < 4.78 is 4.83. The number of carbonyl (C=O) groups excluding carboxylic acids is 1. The van der Waals surface area contributed by atoms with Crippen molar-refractivity contribution >= 4 is 29.3 Å². The van der Waals surface area contributed by atoms with Crippen LogP contribution in [0.5, 0.6) is 0 Å². The van der Waals surface area contributed by atoms with E-state index in [1.165, 1.54) is 31.0 Å². The Hall–Kier alpha value is -2.13. The van der Waals surface area contributed by atoms with Crippen LogP contribution < -0.4 is 5.32 Å². The highest BCUT2D eigenvalue weighted by Crippen LogP contribution is 2.29. The van der Waals surface area contributed by atoms with Crippen LogP contribution in [0.2, 0.25) is 0 Å². The molecule has 0 aliphatic rings. The minimum atomic E-state index is -1.19. The maximum absolute atomic E-state index is 12.4. The minimum absolute atomic E-state index is 0.0894. The summed E-state index contributed by atoms with van der Waals surface area (Å²) in [6.07, 6.45) is 0.0964. The Morgan fingerprint density at radius 1 is 1.42 bits per heavy atom. The number of carboxylic acids is 1. The summed E-state index contributed by atoms with van der Waals surface area (Å²) >= 11 is 1.37. The van der Waals surface area contributed by atoms with Crippen LogP contribution in [0.15, 0.2) is 23.1 Å². The van der Waals surface area contributed by atoms with E-state index < -0.39 is 22.8 Å². The zero-order chi connectivity index (χ0) is 18.3. The van der Waals surface area contributed by atoms with Crippen molar-refractivity contribution in [2.75, 3.05) is 13.7 Å². The van der Waals surface area contributed by atoms with Gasteiger partial charge < -0.3 is 15.2 Å². The predicted molar refractivity (Wildman–Crippen MR) is 89.5 cm³/mol. The van der Waals surface area contributed by atoms with Crippen molar-refractivity contribution in [3.8, 4) is 0 Å². The average Bonchev–Trinajstić information content (AvgIpc) is 2.50. The number of nitro groups is 1. The van der Waals surface area contributed by atoms with Crippen LogP contribution in [0.4, 0.5) is 5.69 Å². The number of nitrogens with one attached hydrogen (secondary N) is 1. The van der Waals surface area contributed by atoms with E-state index in [4.69, 9.17) is 9.84 Å². The summed E-state index contributed by atoms with van der Waals surface area (Å²) in [5, 5.41) is 22.7. The molecule has 0 saturated carbocycles. The van der Waals surface area contributed by atoms with E-state index in [0.717, 1.165) is 6.07 Å². The average molecular weight is 356 g/mol. The van der Waals surface area contributed by atoms with Crippen LogP contribution in [0, 0.1) is 10.1 Å². The van der Waals surface area contributed by atoms with Gasteiger partial charge in [-0.25, -0.2) is 4.79 Å². The number of ether oxygens (including phenoxy) is 1. The van der Waals surface area contributed by atoms with Gasteiger partial charge in [0, 0.05) is 42.4 Å². The molecule has 0 spiro atoms. The monoisotopic (exact) mass is 356 g/mol. The molecule has 1 aromatic carbocycles. The van der Waals surface area contributed by atoms with Gasteiger partial charge in [-0.05, 0) is 6.07 Å². The van der Waals surface area contributed by atoms with Crippen LogP contribution in [0.25, 0.3) is 0 Å². The second-order valence-electron chi connectivity index (χ2n) is 5.25. The molecule has 1 aromatic rings. The molecule has 0 heterocycles. The molecule has 0 saturated heterocycles. The Bertz CT molecular complexity index is 620. The van der Waals surface area contributed by atoms with Crippen molar-refractivity contribution in [3.63, 3.8) is 0 Å². The zero-order valence-electron chi connectivity index (χ0n) is 13.6. The fraction of sp³-hybridized carbons (Fsp3) is 0.467. The smallest absolute Gasteiger partial charge is 0.326 e. The highest BCUT2D eigenvalue weighted by atomic mass is 32.2. The van der Waals surface area contributed by atoms with Gasteiger partial charge in [0.25, 0.3) is 11.6 Å². The van der Waals surface area contributed by atoms with Crippen LogP contribution in [0.1, 0.15) is 30.6 Å². The number of nitro benzene ring substituents is 1. The summed E-state index contributed by atoms with van der Waals surface area (Å²) in [7, 11) is 1.43. The van der Waals surface area contributed by atoms with E-state index in [1.54, 1.807) is 0 Å². The Morgan fingerprint density at radius 3 is 2.58 bits per heavy atom. The van der Waals surface area contributed by atoms with Gasteiger partial charge in [-0.1, -0.05) is 13.8 Å². The molecule has 2 N–H and O–H groups in total. The molecule has 0 radical (unpaired) electrons. The summed E-state index contributed by atoms with van der Waals surface area (Å²) in [6, 6.07) is 2.85. The van der Waals surface area contributed by atoms with Crippen molar-refractivity contribution in [3.05, 3.63) is 33.9 Å². The quantitative estimate of drug-likeness (QED) is 0.396. The van der Waals surface area contributed by atoms with Crippen molar-refractivity contribution < 1.29 is 24.4 Å². The van der Waals surface area contributed by atoms with E-state index in [2.05, 4.69) is 5.32 Å². The topological polar surface area (TPSA) is 119 Å². The fourth-order valence-corrected chi connectivity index (χ4v) is 2.83. The second-order valence-corrected chi connectivity index (χ2v) is 6.87. The van der Waals surface area contributed by atoms with Gasteiger partial charge in [0.05, 0.1) is 10.5 Å². The lowest BCUT2D eigenvalue weighted by Crippen LogP contribution is -2.41. The number of nitrogens with zero attached hydrogens (tertiary/aromatic N) is 1. The second kappa shape index (κ2) is 9.24. The van der Waals surface area contributed by atoms with Crippen LogP contribution in [0.3, 0.4) is 0 Å². The van der Waals surface area contributed by atoms with Gasteiger partial charge >= 0.3 is 5.97 Å². The third-order valence-corrected chi connectivity index (χ3v) is 4.08. The molecule has 8 nitrogen and oxygen atoms in total. The van der Waals surface area contributed by atoms with Crippen molar-refractivity contribution in [2.45, 2.75) is 36.5 Å². The van der Waals surface area contributed by atoms with Gasteiger partial charge in [0.2, 0.25) is 0 Å². The van der Waals surface area contributed by atoms with Gasteiger partial charge in [-0.3, -0.25) is 14.9 Å². The number of rotatable bonds is 9. The van der Waals surface area contributed by atoms with E-state index in [9.17, 15) is 19.7 Å². The summed E-state index contributed by atoms with van der Waals surface area (Å²) in [6.45, 7) is 4.01. The number of benzene rings is 1. The number of aliphatic carboxylic acids is 1. The Kier molecular flexibility index (Phi) is 7.66. The fourth-order valence-electron chi connectivity index (χ4n) is 1.89. The number of carboxylic acid groups (broad SMARTS) is 1. The van der Waals surface area contributed by atoms with Crippen LogP contribution >= 0.6 is 11.8 Å². The van der Waals surface area contributed by atoms with E-state index in [0.29, 0.717) is 4.90 Å². The Morgan fingerprint density at radius 2 is 2.08 bits per heavy atom. The van der Waals surface area contributed by atoms with E-state index in [-0.39, 0.29) is 29.5 Å². The molecule has 0 aromatic heterocycles. The van der Waals surface area contributed by atoms with Gasteiger partial charge in [-0.2, -0.15) is 0 Å². The lowest BCUT2D eigenvalue weighted by Gasteiger charge is -2.16. The molecule has 1 unspecified atom stereocenters. The molecule has 1 amide bonds. The first kappa shape index (κ1) is 19.9. The highest BCUT2D eigenvalue weighted by molar-refractivity contribution is 8.00. The lowest BCUT2D eigenvalue weighted by atomic mass is 10.1. The van der Waals surface area contributed by atoms with E-state index in [1.807, 2.05) is 13.8 Å². The van der Waals surface area contributed by atoms with Crippen molar-refractivity contribution in [1.29, 1.82) is 0 Å². The van der Waals surface area contributed by atoms with Gasteiger partial charge in [0.1, 0.15) is 6.04 Å². The number of carbonyl (C=O) groups is 2. The first-order chi connectivity index (χ1) is 11.3. The van der Waals surface area contributed by atoms with Crippen LogP contribution in [-0.4, -0.2) is 46.9 Å².